The van der Waals surface area contributed by atoms with E-state index in [1.165, 1.54) is 12.1 Å². The second-order valence-corrected chi connectivity index (χ2v) is 5.74. The van der Waals surface area contributed by atoms with E-state index in [0.29, 0.717) is 6.54 Å². The molecule has 0 bridgehead atoms. The quantitative estimate of drug-likeness (QED) is 0.867. The predicted octanol–water partition coefficient (Wildman–Crippen LogP) is 3.55. The van der Waals surface area contributed by atoms with Gasteiger partial charge in [0.15, 0.2) is 0 Å². The molecule has 2 aromatic rings. The van der Waals surface area contributed by atoms with Crippen molar-refractivity contribution < 1.29 is 9.18 Å². The average Bonchev–Trinajstić information content (AvgIpc) is 2.86. The van der Waals surface area contributed by atoms with E-state index in [9.17, 15) is 9.18 Å². The summed E-state index contributed by atoms with van der Waals surface area (Å²) >= 11 is 6.75. The number of benzene rings is 1. The molecule has 0 saturated heterocycles. The third-order valence-electron chi connectivity index (χ3n) is 3.00. The Bertz CT molecular complexity index is 602. The number of carbonyl (C=O) groups excluding carboxylic acids is 1. The standard InChI is InChI=1S/C13H13ClFN3OS/c1-3-18(12(19)11-16-17-13(14)20-11)8(2)9-4-6-10(15)7-5-9/h4-8H,3H2,1-2H3. The summed E-state index contributed by atoms with van der Waals surface area (Å²) in [5.41, 5.74) is 0.859. The molecular formula is C13H13ClFN3OS. The Morgan fingerprint density at radius 3 is 2.55 bits per heavy atom. The first-order valence-electron chi connectivity index (χ1n) is 6.08. The maximum Gasteiger partial charge on any atom is 0.285 e. The van der Waals surface area contributed by atoms with E-state index in [1.54, 1.807) is 17.0 Å². The van der Waals surface area contributed by atoms with Gasteiger partial charge in [0.2, 0.25) is 9.47 Å². The van der Waals surface area contributed by atoms with Gasteiger partial charge in [-0.05, 0) is 43.1 Å². The van der Waals surface area contributed by atoms with Gasteiger partial charge in [0.05, 0.1) is 6.04 Å². The largest absolute Gasteiger partial charge is 0.330 e. The van der Waals surface area contributed by atoms with Gasteiger partial charge in [0.25, 0.3) is 5.91 Å². The fourth-order valence-corrected chi connectivity index (χ4v) is 2.71. The molecule has 0 radical (unpaired) electrons. The van der Waals surface area contributed by atoms with Gasteiger partial charge in [-0.2, -0.15) is 0 Å². The summed E-state index contributed by atoms with van der Waals surface area (Å²) in [6.07, 6.45) is 0. The molecule has 106 valence electrons. The Morgan fingerprint density at radius 1 is 1.40 bits per heavy atom. The third kappa shape index (κ3) is 3.13. The molecule has 1 amide bonds. The smallest absolute Gasteiger partial charge is 0.285 e. The molecule has 2 rings (SSSR count). The normalized spacial score (nSPS) is 12.2. The Hall–Kier alpha value is -1.53. The number of halogens is 2. The second-order valence-electron chi connectivity index (χ2n) is 4.18. The average molecular weight is 314 g/mol. The van der Waals surface area contributed by atoms with E-state index < -0.39 is 0 Å². The number of aromatic nitrogens is 2. The van der Waals surface area contributed by atoms with Crippen molar-refractivity contribution in [3.63, 3.8) is 0 Å². The van der Waals surface area contributed by atoms with Crippen molar-refractivity contribution in [3.05, 3.63) is 45.1 Å². The van der Waals surface area contributed by atoms with Gasteiger partial charge in [0.1, 0.15) is 5.82 Å². The van der Waals surface area contributed by atoms with Gasteiger partial charge in [-0.15, -0.1) is 10.2 Å². The van der Waals surface area contributed by atoms with Crippen LogP contribution in [-0.2, 0) is 0 Å². The van der Waals surface area contributed by atoms with Crippen LogP contribution < -0.4 is 0 Å². The molecule has 1 heterocycles. The lowest BCUT2D eigenvalue weighted by Crippen LogP contribution is -2.33. The number of carbonyl (C=O) groups is 1. The van der Waals surface area contributed by atoms with E-state index in [4.69, 9.17) is 11.6 Å². The van der Waals surface area contributed by atoms with Crippen LogP contribution in [0.2, 0.25) is 4.47 Å². The van der Waals surface area contributed by atoms with Crippen LogP contribution in [0.5, 0.6) is 0 Å². The molecule has 4 nitrogen and oxygen atoms in total. The lowest BCUT2D eigenvalue weighted by Gasteiger charge is -2.27. The summed E-state index contributed by atoms with van der Waals surface area (Å²) in [5, 5.41) is 7.65. The third-order valence-corrected chi connectivity index (χ3v) is 4.01. The highest BCUT2D eigenvalue weighted by Gasteiger charge is 2.24. The molecule has 0 fully saturated rings. The van der Waals surface area contributed by atoms with Crippen LogP contribution in [0.4, 0.5) is 4.39 Å². The van der Waals surface area contributed by atoms with Gasteiger partial charge < -0.3 is 4.90 Å². The van der Waals surface area contributed by atoms with Crippen molar-refractivity contribution in [1.82, 2.24) is 15.1 Å². The van der Waals surface area contributed by atoms with Gasteiger partial charge >= 0.3 is 0 Å². The molecule has 0 spiro atoms. The van der Waals surface area contributed by atoms with Crippen molar-refractivity contribution in [2.24, 2.45) is 0 Å². The zero-order valence-electron chi connectivity index (χ0n) is 11.0. The van der Waals surface area contributed by atoms with E-state index in [-0.39, 0.29) is 27.2 Å². The number of hydrogen-bond donors (Lipinski definition) is 0. The first kappa shape index (κ1) is 14.9. The first-order valence-corrected chi connectivity index (χ1v) is 7.27. The van der Waals surface area contributed by atoms with Crippen LogP contribution in [0.25, 0.3) is 0 Å². The zero-order valence-corrected chi connectivity index (χ0v) is 12.6. The van der Waals surface area contributed by atoms with Crippen molar-refractivity contribution in [2.75, 3.05) is 6.54 Å². The monoisotopic (exact) mass is 313 g/mol. The van der Waals surface area contributed by atoms with E-state index in [2.05, 4.69) is 10.2 Å². The van der Waals surface area contributed by atoms with E-state index in [1.807, 2.05) is 13.8 Å². The number of nitrogens with zero attached hydrogens (tertiary/aromatic N) is 3. The Balaban J connectivity index is 2.23. The fourth-order valence-electron chi connectivity index (χ4n) is 1.93. The summed E-state index contributed by atoms with van der Waals surface area (Å²) in [4.78, 5) is 14.0. The van der Waals surface area contributed by atoms with Crippen molar-refractivity contribution in [2.45, 2.75) is 19.9 Å². The van der Waals surface area contributed by atoms with Gasteiger partial charge in [-0.1, -0.05) is 23.5 Å². The van der Waals surface area contributed by atoms with Gasteiger partial charge in [0, 0.05) is 6.54 Å². The van der Waals surface area contributed by atoms with Crippen LogP contribution in [0.3, 0.4) is 0 Å². The molecule has 1 aromatic heterocycles. The summed E-state index contributed by atoms with van der Waals surface area (Å²) in [7, 11) is 0. The lowest BCUT2D eigenvalue weighted by molar-refractivity contribution is 0.0701. The fraction of sp³-hybridized carbons (Fsp3) is 0.308. The molecule has 0 aliphatic rings. The lowest BCUT2D eigenvalue weighted by atomic mass is 10.1. The maximum absolute atomic E-state index is 12.9. The maximum atomic E-state index is 12.9. The molecule has 0 saturated carbocycles. The van der Waals surface area contributed by atoms with Crippen LogP contribution in [0, 0.1) is 5.82 Å². The second kappa shape index (κ2) is 6.28. The molecule has 0 aliphatic carbocycles. The predicted molar refractivity (Wildman–Crippen MR) is 76.4 cm³/mol. The topological polar surface area (TPSA) is 46.1 Å². The summed E-state index contributed by atoms with van der Waals surface area (Å²) < 4.78 is 13.2. The summed E-state index contributed by atoms with van der Waals surface area (Å²) in [6, 6.07) is 5.92. The van der Waals surface area contributed by atoms with Crippen LogP contribution in [-0.4, -0.2) is 27.5 Å². The molecular weight excluding hydrogens is 301 g/mol. The van der Waals surface area contributed by atoms with Crippen LogP contribution >= 0.6 is 22.9 Å². The van der Waals surface area contributed by atoms with Crippen molar-refractivity contribution >= 4 is 28.8 Å². The zero-order chi connectivity index (χ0) is 14.7. The van der Waals surface area contributed by atoms with Crippen molar-refractivity contribution in [3.8, 4) is 0 Å². The van der Waals surface area contributed by atoms with Gasteiger partial charge in [-0.3, -0.25) is 4.79 Å². The number of amides is 1. The van der Waals surface area contributed by atoms with Crippen LogP contribution in [0.1, 0.15) is 35.3 Å². The molecule has 1 aromatic carbocycles. The molecule has 1 atom stereocenters. The highest BCUT2D eigenvalue weighted by molar-refractivity contribution is 7.17. The Kier molecular flexibility index (Phi) is 4.67. The Labute approximate surface area is 125 Å². The molecule has 0 N–H and O–H groups in total. The Morgan fingerprint density at radius 2 is 2.05 bits per heavy atom. The van der Waals surface area contributed by atoms with Crippen LogP contribution in [0.15, 0.2) is 24.3 Å². The van der Waals surface area contributed by atoms with Gasteiger partial charge in [-0.25, -0.2) is 4.39 Å². The van der Waals surface area contributed by atoms with E-state index >= 15 is 0 Å². The minimum absolute atomic E-state index is 0.184. The molecule has 0 aliphatic heterocycles. The summed E-state index contributed by atoms with van der Waals surface area (Å²) in [6.45, 7) is 4.27. The van der Waals surface area contributed by atoms with E-state index in [0.717, 1.165) is 16.9 Å². The van der Waals surface area contributed by atoms with Crippen molar-refractivity contribution in [1.29, 1.82) is 0 Å². The minimum Gasteiger partial charge on any atom is -0.330 e. The SMILES string of the molecule is CCN(C(=O)c1nnc(Cl)s1)C(C)c1ccc(F)cc1. The highest BCUT2D eigenvalue weighted by Crippen LogP contribution is 2.24. The molecule has 1 unspecified atom stereocenters. The summed E-state index contributed by atoms with van der Waals surface area (Å²) in [5.74, 6) is -0.528. The number of hydrogen-bond acceptors (Lipinski definition) is 4. The minimum atomic E-state index is -0.300. The number of rotatable bonds is 4. The molecule has 20 heavy (non-hydrogen) atoms. The highest BCUT2D eigenvalue weighted by atomic mass is 35.5. The molecule has 7 heteroatoms. The first-order chi connectivity index (χ1) is 9.52.